The van der Waals surface area contributed by atoms with Crippen molar-refractivity contribution < 1.29 is 4.92 Å². The molecule has 1 aliphatic rings. The molecule has 0 amide bonds. The van der Waals surface area contributed by atoms with Crippen molar-refractivity contribution in [1.29, 1.82) is 0 Å². The monoisotopic (exact) mass is 287 g/mol. The van der Waals surface area contributed by atoms with Gasteiger partial charge >= 0.3 is 0 Å². The van der Waals surface area contributed by atoms with E-state index >= 15 is 0 Å². The maximum atomic E-state index is 10.5. The quantitative estimate of drug-likeness (QED) is 0.685. The molecule has 1 heterocycles. The highest BCUT2D eigenvalue weighted by atomic mass is 35.5. The standard InChI is InChI=1S/C11H11Cl2N3O2/c12-9-2-1-8(10(13)5-9)6-15-4-3-14-11(15)7-16(17)18/h1-2,5,7,14H,3-4,6H2/b11-7+. The summed E-state index contributed by atoms with van der Waals surface area (Å²) in [6.45, 7) is 1.91. The lowest BCUT2D eigenvalue weighted by atomic mass is 10.2. The van der Waals surface area contributed by atoms with Gasteiger partial charge in [0.05, 0.1) is 4.92 Å². The van der Waals surface area contributed by atoms with Crippen LogP contribution in [0.1, 0.15) is 5.56 Å². The first kappa shape index (κ1) is 13.0. The van der Waals surface area contributed by atoms with Gasteiger partial charge in [-0.3, -0.25) is 10.1 Å². The Labute approximate surface area is 114 Å². The van der Waals surface area contributed by atoms with Crippen molar-refractivity contribution in [3.63, 3.8) is 0 Å². The number of nitrogens with one attached hydrogen (secondary N) is 1. The van der Waals surface area contributed by atoms with Crippen LogP contribution < -0.4 is 5.32 Å². The van der Waals surface area contributed by atoms with E-state index in [4.69, 9.17) is 23.2 Å². The van der Waals surface area contributed by atoms with Gasteiger partial charge in [-0.05, 0) is 17.7 Å². The minimum absolute atomic E-state index is 0.468. The molecule has 7 heteroatoms. The Morgan fingerprint density at radius 3 is 2.94 bits per heavy atom. The average molecular weight is 288 g/mol. The lowest BCUT2D eigenvalue weighted by molar-refractivity contribution is -0.404. The van der Waals surface area contributed by atoms with Gasteiger partial charge in [-0.1, -0.05) is 29.3 Å². The van der Waals surface area contributed by atoms with E-state index in [0.717, 1.165) is 11.8 Å². The minimum Gasteiger partial charge on any atom is -0.365 e. The smallest absolute Gasteiger partial charge is 0.274 e. The minimum atomic E-state index is -0.468. The van der Waals surface area contributed by atoms with Crippen LogP contribution >= 0.6 is 23.2 Å². The molecule has 0 aromatic heterocycles. The molecule has 0 saturated carbocycles. The highest BCUT2D eigenvalue weighted by Crippen LogP contribution is 2.23. The van der Waals surface area contributed by atoms with Crippen molar-refractivity contribution in [2.75, 3.05) is 13.1 Å². The second-order valence-corrected chi connectivity index (χ2v) is 4.73. The molecule has 1 saturated heterocycles. The Morgan fingerprint density at radius 1 is 1.50 bits per heavy atom. The molecule has 1 aliphatic heterocycles. The molecule has 0 unspecified atom stereocenters. The van der Waals surface area contributed by atoms with Gasteiger partial charge in [-0.15, -0.1) is 0 Å². The van der Waals surface area contributed by atoms with Crippen molar-refractivity contribution in [3.8, 4) is 0 Å². The van der Waals surface area contributed by atoms with Crippen molar-refractivity contribution >= 4 is 23.2 Å². The number of nitrogens with zero attached hydrogens (tertiary/aromatic N) is 2. The van der Waals surface area contributed by atoms with E-state index in [0.29, 0.717) is 35.5 Å². The molecule has 0 atom stereocenters. The Balaban J connectivity index is 2.15. The van der Waals surface area contributed by atoms with Crippen molar-refractivity contribution in [3.05, 3.63) is 55.9 Å². The van der Waals surface area contributed by atoms with Crippen LogP contribution in [0.5, 0.6) is 0 Å². The predicted octanol–water partition coefficient (Wildman–Crippen LogP) is 2.47. The summed E-state index contributed by atoms with van der Waals surface area (Å²) < 4.78 is 0. The van der Waals surface area contributed by atoms with Gasteiger partial charge in [-0.25, -0.2) is 0 Å². The third kappa shape index (κ3) is 3.05. The Bertz CT molecular complexity index is 505. The second-order valence-electron chi connectivity index (χ2n) is 3.88. The third-order valence-electron chi connectivity index (χ3n) is 2.63. The number of rotatable bonds is 3. The van der Waals surface area contributed by atoms with Crippen LogP contribution in [0.2, 0.25) is 10.0 Å². The highest BCUT2D eigenvalue weighted by Gasteiger charge is 2.20. The Hall–Kier alpha value is -1.46. The summed E-state index contributed by atoms with van der Waals surface area (Å²) in [6.07, 6.45) is 0.969. The molecule has 18 heavy (non-hydrogen) atoms. The topological polar surface area (TPSA) is 58.4 Å². The first-order chi connectivity index (χ1) is 8.56. The fraction of sp³-hybridized carbons (Fsp3) is 0.273. The number of hydrogen-bond acceptors (Lipinski definition) is 4. The van der Waals surface area contributed by atoms with Crippen LogP contribution in [0, 0.1) is 10.1 Å². The molecular formula is C11H11Cl2N3O2. The number of nitro groups is 1. The van der Waals surface area contributed by atoms with Crippen LogP contribution in [-0.4, -0.2) is 22.9 Å². The van der Waals surface area contributed by atoms with E-state index in [1.54, 1.807) is 12.1 Å². The lowest BCUT2D eigenvalue weighted by Gasteiger charge is -2.17. The fourth-order valence-corrected chi connectivity index (χ4v) is 2.27. The summed E-state index contributed by atoms with van der Waals surface area (Å²) in [4.78, 5) is 11.9. The van der Waals surface area contributed by atoms with Gasteiger partial charge in [0.2, 0.25) is 0 Å². The average Bonchev–Trinajstić information content (AvgIpc) is 2.69. The first-order valence-corrected chi connectivity index (χ1v) is 6.10. The van der Waals surface area contributed by atoms with Crippen LogP contribution in [-0.2, 0) is 6.54 Å². The Morgan fingerprint density at radius 2 is 2.28 bits per heavy atom. The fourth-order valence-electron chi connectivity index (χ4n) is 1.80. The highest BCUT2D eigenvalue weighted by molar-refractivity contribution is 6.35. The van der Waals surface area contributed by atoms with Gasteiger partial charge in [0.1, 0.15) is 0 Å². The van der Waals surface area contributed by atoms with Crippen molar-refractivity contribution in [2.45, 2.75) is 6.54 Å². The zero-order valence-corrected chi connectivity index (χ0v) is 10.9. The van der Waals surface area contributed by atoms with Crippen molar-refractivity contribution in [2.24, 2.45) is 0 Å². The van der Waals surface area contributed by atoms with Gasteiger partial charge in [0.25, 0.3) is 6.20 Å². The van der Waals surface area contributed by atoms with E-state index < -0.39 is 4.92 Å². The molecule has 0 aliphatic carbocycles. The van der Waals surface area contributed by atoms with Crippen molar-refractivity contribution in [1.82, 2.24) is 10.2 Å². The predicted molar refractivity (Wildman–Crippen MR) is 70.0 cm³/mol. The summed E-state index contributed by atoms with van der Waals surface area (Å²) in [6, 6.07) is 5.24. The van der Waals surface area contributed by atoms with Gasteiger partial charge in [-0.2, -0.15) is 0 Å². The van der Waals surface area contributed by atoms with E-state index in [1.807, 2.05) is 11.0 Å². The molecule has 1 N–H and O–H groups in total. The van der Waals surface area contributed by atoms with E-state index in [2.05, 4.69) is 5.32 Å². The number of hydrogen-bond donors (Lipinski definition) is 1. The Kier molecular flexibility index (Phi) is 3.93. The molecule has 1 aromatic carbocycles. The first-order valence-electron chi connectivity index (χ1n) is 5.34. The molecule has 5 nitrogen and oxygen atoms in total. The van der Waals surface area contributed by atoms with Gasteiger partial charge in [0.15, 0.2) is 5.82 Å². The molecule has 1 fully saturated rings. The van der Waals surface area contributed by atoms with E-state index in [9.17, 15) is 10.1 Å². The van der Waals surface area contributed by atoms with Crippen LogP contribution in [0.3, 0.4) is 0 Å². The summed E-state index contributed by atoms with van der Waals surface area (Å²) in [5.41, 5.74) is 0.888. The van der Waals surface area contributed by atoms with Crippen LogP contribution in [0.25, 0.3) is 0 Å². The SMILES string of the molecule is O=[N+]([O-])/C=C1\NCCN1Cc1ccc(Cl)cc1Cl. The number of benzene rings is 1. The molecule has 96 valence electrons. The summed E-state index contributed by atoms with van der Waals surface area (Å²) in [5, 5.41) is 14.6. The van der Waals surface area contributed by atoms with Gasteiger partial charge in [0, 0.05) is 29.7 Å². The summed E-state index contributed by atoms with van der Waals surface area (Å²) in [5.74, 6) is 0.506. The normalized spacial score (nSPS) is 17.0. The molecule has 1 aromatic rings. The summed E-state index contributed by atoms with van der Waals surface area (Å²) >= 11 is 11.9. The second kappa shape index (κ2) is 5.46. The molecule has 2 rings (SSSR count). The maximum Gasteiger partial charge on any atom is 0.274 e. The van der Waals surface area contributed by atoms with E-state index in [-0.39, 0.29) is 0 Å². The zero-order valence-electron chi connectivity index (χ0n) is 9.40. The van der Waals surface area contributed by atoms with Crippen LogP contribution in [0.15, 0.2) is 30.2 Å². The lowest BCUT2D eigenvalue weighted by Crippen LogP contribution is -2.20. The molecule has 0 bridgehead atoms. The number of halogens is 2. The molecular weight excluding hydrogens is 277 g/mol. The summed E-state index contributed by atoms with van der Waals surface area (Å²) in [7, 11) is 0. The largest absolute Gasteiger partial charge is 0.365 e. The third-order valence-corrected chi connectivity index (χ3v) is 3.22. The van der Waals surface area contributed by atoms with Gasteiger partial charge < -0.3 is 10.2 Å². The van der Waals surface area contributed by atoms with E-state index in [1.165, 1.54) is 0 Å². The zero-order chi connectivity index (χ0) is 13.1. The maximum absolute atomic E-state index is 10.5. The molecule has 0 radical (unpaired) electrons. The van der Waals surface area contributed by atoms with Crippen LogP contribution in [0.4, 0.5) is 0 Å². The molecule has 0 spiro atoms.